The van der Waals surface area contributed by atoms with Gasteiger partial charge in [0.1, 0.15) is 18.0 Å². The first-order valence-corrected chi connectivity index (χ1v) is 6.66. The van der Waals surface area contributed by atoms with Crippen molar-refractivity contribution in [2.75, 3.05) is 16.8 Å². The van der Waals surface area contributed by atoms with Crippen molar-refractivity contribution in [2.45, 2.75) is 0 Å². The predicted octanol–water partition coefficient (Wildman–Crippen LogP) is 2.98. The second-order valence-electron chi connectivity index (χ2n) is 3.95. The minimum absolute atomic E-state index is 0.0969. The first kappa shape index (κ1) is 12.4. The number of rotatable bonds is 1. The number of aromatic nitrogens is 2. The van der Waals surface area contributed by atoms with Gasteiger partial charge < -0.3 is 10.2 Å². The molecular weight excluding hydrogens is 332 g/mol. The number of nitrogens with one attached hydrogen (secondary N) is 1. The van der Waals surface area contributed by atoms with Crippen molar-refractivity contribution in [1.29, 1.82) is 0 Å². The maximum atomic E-state index is 11.8. The van der Waals surface area contributed by atoms with Crippen molar-refractivity contribution in [1.82, 2.24) is 9.97 Å². The van der Waals surface area contributed by atoms with Crippen LogP contribution in [0.4, 0.5) is 17.2 Å². The van der Waals surface area contributed by atoms with E-state index in [1.807, 2.05) is 24.3 Å². The molecule has 0 fully saturated rings. The Kier molecular flexibility index (Phi) is 3.12. The lowest BCUT2D eigenvalue weighted by molar-refractivity contribution is -0.115. The molecule has 0 bridgehead atoms. The van der Waals surface area contributed by atoms with Gasteiger partial charge in [-0.2, -0.15) is 0 Å². The molecule has 0 unspecified atom stereocenters. The number of nitrogens with zero attached hydrogens (tertiary/aromatic N) is 3. The Hall–Kier alpha value is -1.66. The van der Waals surface area contributed by atoms with Crippen LogP contribution in [0.3, 0.4) is 0 Å². The average Bonchev–Trinajstić information content (AvgIpc) is 2.41. The fourth-order valence-electron chi connectivity index (χ4n) is 1.95. The summed E-state index contributed by atoms with van der Waals surface area (Å²) in [4.78, 5) is 21.6. The number of fused-ring (bicyclic) bond motifs is 1. The first-order valence-electron chi connectivity index (χ1n) is 5.49. The van der Waals surface area contributed by atoms with Crippen LogP contribution in [-0.2, 0) is 4.79 Å². The van der Waals surface area contributed by atoms with Gasteiger partial charge in [0.25, 0.3) is 0 Å². The predicted molar refractivity (Wildman–Crippen MR) is 76.8 cm³/mol. The molecule has 1 aromatic heterocycles. The molecule has 19 heavy (non-hydrogen) atoms. The number of para-hydroxylation sites is 2. The lowest BCUT2D eigenvalue weighted by Gasteiger charge is -2.30. The van der Waals surface area contributed by atoms with E-state index >= 15 is 0 Å². The summed E-state index contributed by atoms with van der Waals surface area (Å²) in [5.74, 6) is 0.475. The fraction of sp³-hybridized carbons (Fsp3) is 0.0833. The van der Waals surface area contributed by atoms with Gasteiger partial charge in [-0.05, 0) is 28.1 Å². The van der Waals surface area contributed by atoms with Crippen molar-refractivity contribution in [3.63, 3.8) is 0 Å². The van der Waals surface area contributed by atoms with Crippen molar-refractivity contribution in [3.05, 3.63) is 40.2 Å². The van der Waals surface area contributed by atoms with E-state index in [1.54, 1.807) is 4.90 Å². The standard InChI is InChI=1S/C12H8BrClN4O/c13-10-11(14)15-6-16-12(10)18-5-9(19)17-7-3-1-2-4-8(7)18/h1-4,6H,5H2,(H,17,19). The second-order valence-corrected chi connectivity index (χ2v) is 5.10. The molecule has 1 N–H and O–H groups in total. The van der Waals surface area contributed by atoms with Crippen LogP contribution in [-0.4, -0.2) is 22.4 Å². The number of hydrogen-bond donors (Lipinski definition) is 1. The van der Waals surface area contributed by atoms with Gasteiger partial charge in [-0.25, -0.2) is 9.97 Å². The largest absolute Gasteiger partial charge is 0.323 e. The minimum atomic E-state index is -0.0969. The molecule has 0 saturated heterocycles. The lowest BCUT2D eigenvalue weighted by Crippen LogP contribution is -2.35. The molecule has 0 aliphatic carbocycles. The molecule has 0 atom stereocenters. The normalized spacial score (nSPS) is 14.0. The summed E-state index contributed by atoms with van der Waals surface area (Å²) in [7, 11) is 0. The molecule has 1 aromatic carbocycles. The van der Waals surface area contributed by atoms with Crippen LogP contribution in [0.2, 0.25) is 5.15 Å². The van der Waals surface area contributed by atoms with Gasteiger partial charge in [-0.15, -0.1) is 0 Å². The van der Waals surface area contributed by atoms with Crippen LogP contribution in [0, 0.1) is 0 Å². The molecule has 1 aliphatic rings. The lowest BCUT2D eigenvalue weighted by atomic mass is 10.2. The Morgan fingerprint density at radius 2 is 2.11 bits per heavy atom. The van der Waals surface area contributed by atoms with E-state index in [-0.39, 0.29) is 12.5 Å². The molecule has 3 rings (SSSR count). The van der Waals surface area contributed by atoms with Crippen LogP contribution < -0.4 is 10.2 Å². The number of halogens is 2. The summed E-state index contributed by atoms with van der Waals surface area (Å²) < 4.78 is 0.571. The highest BCUT2D eigenvalue weighted by atomic mass is 79.9. The summed E-state index contributed by atoms with van der Waals surface area (Å²) in [6.07, 6.45) is 1.37. The fourth-order valence-corrected chi connectivity index (χ4v) is 2.50. The summed E-state index contributed by atoms with van der Waals surface area (Å²) >= 11 is 9.33. The minimum Gasteiger partial charge on any atom is -0.323 e. The van der Waals surface area contributed by atoms with Crippen molar-refractivity contribution in [2.24, 2.45) is 0 Å². The van der Waals surface area contributed by atoms with Crippen molar-refractivity contribution < 1.29 is 4.79 Å². The molecule has 5 nitrogen and oxygen atoms in total. The zero-order chi connectivity index (χ0) is 13.4. The number of carbonyl (C=O) groups is 1. The van der Waals surface area contributed by atoms with Gasteiger partial charge >= 0.3 is 0 Å². The Morgan fingerprint density at radius 3 is 2.95 bits per heavy atom. The highest BCUT2D eigenvalue weighted by Gasteiger charge is 2.25. The van der Waals surface area contributed by atoms with E-state index in [0.29, 0.717) is 15.4 Å². The van der Waals surface area contributed by atoms with E-state index in [0.717, 1.165) is 11.4 Å². The number of anilines is 3. The third-order valence-electron chi connectivity index (χ3n) is 2.75. The van der Waals surface area contributed by atoms with Crippen molar-refractivity contribution in [3.8, 4) is 0 Å². The second kappa shape index (κ2) is 4.79. The van der Waals surface area contributed by atoms with Crippen LogP contribution in [0.25, 0.3) is 0 Å². The van der Waals surface area contributed by atoms with Gasteiger partial charge in [-0.1, -0.05) is 23.7 Å². The van der Waals surface area contributed by atoms with Gasteiger partial charge in [0.2, 0.25) is 5.91 Å². The molecule has 0 saturated carbocycles. The molecule has 0 spiro atoms. The maximum absolute atomic E-state index is 11.8. The van der Waals surface area contributed by atoms with E-state index in [4.69, 9.17) is 11.6 Å². The molecule has 0 radical (unpaired) electrons. The highest BCUT2D eigenvalue weighted by molar-refractivity contribution is 9.10. The highest BCUT2D eigenvalue weighted by Crippen LogP contribution is 2.38. The Morgan fingerprint density at radius 1 is 1.32 bits per heavy atom. The van der Waals surface area contributed by atoms with Gasteiger partial charge in [0.05, 0.1) is 15.8 Å². The van der Waals surface area contributed by atoms with E-state index in [1.165, 1.54) is 6.33 Å². The number of amides is 1. The van der Waals surface area contributed by atoms with Crippen LogP contribution in [0.1, 0.15) is 0 Å². The molecule has 7 heteroatoms. The quantitative estimate of drug-likeness (QED) is 0.812. The topological polar surface area (TPSA) is 58.1 Å². The third kappa shape index (κ3) is 2.17. The van der Waals surface area contributed by atoms with Gasteiger partial charge in [0, 0.05) is 0 Å². The summed E-state index contributed by atoms with van der Waals surface area (Å²) in [5.41, 5.74) is 1.62. The average molecular weight is 340 g/mol. The van der Waals surface area contributed by atoms with E-state index in [9.17, 15) is 4.79 Å². The molecule has 1 aliphatic heterocycles. The Labute approximate surface area is 122 Å². The number of hydrogen-bond acceptors (Lipinski definition) is 4. The zero-order valence-electron chi connectivity index (χ0n) is 9.60. The molecule has 96 valence electrons. The molecule has 2 aromatic rings. The SMILES string of the molecule is O=C1CN(c2ncnc(Cl)c2Br)c2ccccc2N1. The summed E-state index contributed by atoms with van der Waals surface area (Å²) in [6, 6.07) is 7.53. The summed E-state index contributed by atoms with van der Waals surface area (Å²) in [5, 5.41) is 3.13. The Bertz CT molecular complexity index is 664. The number of benzene rings is 1. The van der Waals surface area contributed by atoms with Crippen molar-refractivity contribution >= 4 is 50.6 Å². The van der Waals surface area contributed by atoms with Gasteiger partial charge in [0.15, 0.2) is 5.82 Å². The molecule has 1 amide bonds. The molecule has 2 heterocycles. The summed E-state index contributed by atoms with van der Waals surface area (Å²) in [6.45, 7) is 0.183. The monoisotopic (exact) mass is 338 g/mol. The zero-order valence-corrected chi connectivity index (χ0v) is 11.9. The maximum Gasteiger partial charge on any atom is 0.244 e. The van der Waals surface area contributed by atoms with Crippen LogP contribution in [0.5, 0.6) is 0 Å². The van der Waals surface area contributed by atoms with E-state index in [2.05, 4.69) is 31.2 Å². The Balaban J connectivity index is 2.15. The third-order valence-corrected chi connectivity index (χ3v) is 4.00. The smallest absolute Gasteiger partial charge is 0.244 e. The molecular formula is C12H8BrClN4O. The number of carbonyl (C=O) groups excluding carboxylic acids is 1. The van der Waals surface area contributed by atoms with Gasteiger partial charge in [-0.3, -0.25) is 4.79 Å². The van der Waals surface area contributed by atoms with E-state index < -0.39 is 0 Å². The van der Waals surface area contributed by atoms with Crippen LogP contribution in [0.15, 0.2) is 35.1 Å². The van der Waals surface area contributed by atoms with Crippen LogP contribution >= 0.6 is 27.5 Å². The first-order chi connectivity index (χ1) is 9.16.